The van der Waals surface area contributed by atoms with E-state index in [4.69, 9.17) is 16.2 Å². The van der Waals surface area contributed by atoms with Crippen molar-refractivity contribution in [3.05, 3.63) is 0 Å². The van der Waals surface area contributed by atoms with Crippen molar-refractivity contribution >= 4 is 11.7 Å². The molecule has 0 heterocycles. The molecule has 0 aromatic carbocycles. The van der Waals surface area contributed by atoms with E-state index in [0.717, 1.165) is 0 Å². The third-order valence-electron chi connectivity index (χ3n) is 1.23. The molecule has 0 aromatic rings. The number of hydrogen-bond acceptors (Lipinski definition) is 3. The van der Waals surface area contributed by atoms with Crippen molar-refractivity contribution in [2.75, 3.05) is 0 Å². The zero-order chi connectivity index (χ0) is 8.15. The van der Waals surface area contributed by atoms with E-state index in [2.05, 4.69) is 0 Å². The molecule has 0 aliphatic heterocycles. The van der Waals surface area contributed by atoms with E-state index in [1.807, 2.05) is 0 Å². The molecule has 0 rings (SSSR count). The highest BCUT2D eigenvalue weighted by Crippen LogP contribution is 1.94. The molecule has 10 heavy (non-hydrogen) atoms. The Morgan fingerprint density at radius 3 is 2.60 bits per heavy atom. The highest BCUT2D eigenvalue weighted by Gasteiger charge is 2.06. The number of nitrogens with two attached hydrogens (primary N) is 1. The molecule has 0 amide bonds. The van der Waals surface area contributed by atoms with Crippen LogP contribution >= 0.6 is 0 Å². The van der Waals surface area contributed by atoms with Crippen LogP contribution in [0.5, 0.6) is 0 Å². The molecule has 0 aliphatic carbocycles. The lowest BCUT2D eigenvalue weighted by Gasteiger charge is -2.06. The molecule has 1 atom stereocenters. The summed E-state index contributed by atoms with van der Waals surface area (Å²) in [6, 6.07) is -0.393. The Balaban J connectivity index is 3.49. The van der Waals surface area contributed by atoms with Crippen LogP contribution in [0.15, 0.2) is 0 Å². The molecule has 4 nitrogen and oxygen atoms in total. The fourth-order valence-electron chi connectivity index (χ4n) is 0.495. The first-order valence-corrected chi connectivity index (χ1v) is 3.06. The van der Waals surface area contributed by atoms with Crippen molar-refractivity contribution in [1.29, 1.82) is 5.41 Å². The van der Waals surface area contributed by atoms with Gasteiger partial charge >= 0.3 is 5.97 Å². The van der Waals surface area contributed by atoms with E-state index in [1.54, 1.807) is 6.92 Å². The summed E-state index contributed by atoms with van der Waals surface area (Å²) in [5.74, 6) is -0.864. The fraction of sp³-hybridized carbons (Fsp3) is 0.667. The zero-order valence-electron chi connectivity index (χ0n) is 5.92. The summed E-state index contributed by atoms with van der Waals surface area (Å²) in [6.07, 6.45) is 0.391. The van der Waals surface area contributed by atoms with Crippen LogP contribution < -0.4 is 5.73 Å². The SMILES string of the molecule is CC(=N)[C@@H](N)CCC(=O)O. The second-order valence-electron chi connectivity index (χ2n) is 2.22. The van der Waals surface area contributed by atoms with Gasteiger partial charge in [-0.25, -0.2) is 0 Å². The molecular formula is C6H12N2O2. The van der Waals surface area contributed by atoms with Crippen LogP contribution in [0.25, 0.3) is 0 Å². The number of carboxylic acids is 1. The van der Waals surface area contributed by atoms with Crippen molar-refractivity contribution in [3.8, 4) is 0 Å². The lowest BCUT2D eigenvalue weighted by atomic mass is 10.1. The van der Waals surface area contributed by atoms with Crippen LogP contribution in [0.4, 0.5) is 0 Å². The highest BCUT2D eigenvalue weighted by molar-refractivity contribution is 5.84. The van der Waals surface area contributed by atoms with Gasteiger partial charge in [-0.15, -0.1) is 0 Å². The smallest absolute Gasteiger partial charge is 0.303 e. The van der Waals surface area contributed by atoms with Gasteiger partial charge in [0, 0.05) is 18.2 Å². The summed E-state index contributed by atoms with van der Waals surface area (Å²) in [5.41, 5.74) is 5.71. The number of hydrogen-bond donors (Lipinski definition) is 3. The van der Waals surface area contributed by atoms with Gasteiger partial charge in [0.15, 0.2) is 0 Å². The van der Waals surface area contributed by atoms with Gasteiger partial charge in [-0.2, -0.15) is 0 Å². The van der Waals surface area contributed by atoms with Crippen molar-refractivity contribution < 1.29 is 9.90 Å². The zero-order valence-corrected chi connectivity index (χ0v) is 5.92. The van der Waals surface area contributed by atoms with Crippen molar-refractivity contribution in [1.82, 2.24) is 0 Å². The maximum Gasteiger partial charge on any atom is 0.303 e. The van der Waals surface area contributed by atoms with Gasteiger partial charge in [0.25, 0.3) is 0 Å². The third kappa shape index (κ3) is 4.03. The van der Waals surface area contributed by atoms with Crippen LogP contribution in [0.3, 0.4) is 0 Å². The molecular weight excluding hydrogens is 132 g/mol. The Bertz CT molecular complexity index is 145. The molecule has 0 aliphatic rings. The molecule has 0 bridgehead atoms. The molecule has 0 radical (unpaired) electrons. The van der Waals surface area contributed by atoms with E-state index < -0.39 is 12.0 Å². The average molecular weight is 144 g/mol. The fourth-order valence-corrected chi connectivity index (χ4v) is 0.495. The Kier molecular flexibility index (Phi) is 3.64. The van der Waals surface area contributed by atoms with Crippen LogP contribution in [0.2, 0.25) is 0 Å². The number of aliphatic carboxylic acids is 1. The number of carboxylic acid groups (broad SMARTS) is 1. The molecule has 4 N–H and O–H groups in total. The Labute approximate surface area is 59.5 Å². The molecule has 58 valence electrons. The van der Waals surface area contributed by atoms with Gasteiger partial charge in [0.2, 0.25) is 0 Å². The van der Waals surface area contributed by atoms with Gasteiger partial charge in [0.05, 0.1) is 0 Å². The Morgan fingerprint density at radius 1 is 1.80 bits per heavy atom. The number of carbonyl (C=O) groups is 1. The minimum absolute atomic E-state index is 0.0391. The third-order valence-corrected chi connectivity index (χ3v) is 1.23. The predicted octanol–water partition coefficient (Wildman–Crippen LogP) is 0.218. The topological polar surface area (TPSA) is 87.2 Å². The molecule has 0 unspecified atom stereocenters. The van der Waals surface area contributed by atoms with Crippen LogP contribution in [-0.2, 0) is 4.79 Å². The maximum atomic E-state index is 10.0. The first-order chi connectivity index (χ1) is 4.54. The van der Waals surface area contributed by atoms with Crippen molar-refractivity contribution in [3.63, 3.8) is 0 Å². The lowest BCUT2D eigenvalue weighted by Crippen LogP contribution is -2.28. The Hall–Kier alpha value is -0.900. The standard InChI is InChI=1S/C6H12N2O2/c1-4(7)5(8)2-3-6(9)10/h5,7H,2-3,8H2,1H3,(H,9,10)/t5-/m0/s1. The quantitative estimate of drug-likeness (QED) is 0.493. The summed E-state index contributed by atoms with van der Waals surface area (Å²) >= 11 is 0. The highest BCUT2D eigenvalue weighted by atomic mass is 16.4. The Morgan fingerprint density at radius 2 is 2.30 bits per heavy atom. The molecule has 0 saturated heterocycles. The van der Waals surface area contributed by atoms with E-state index in [1.165, 1.54) is 0 Å². The van der Waals surface area contributed by atoms with Crippen molar-refractivity contribution in [2.45, 2.75) is 25.8 Å². The van der Waals surface area contributed by atoms with E-state index in [-0.39, 0.29) is 6.42 Å². The average Bonchev–Trinajstić information content (AvgIpc) is 1.82. The van der Waals surface area contributed by atoms with Crippen LogP contribution in [-0.4, -0.2) is 22.8 Å². The molecule has 0 fully saturated rings. The summed E-state index contributed by atoms with van der Waals surface area (Å²) < 4.78 is 0. The number of nitrogens with one attached hydrogen (secondary N) is 1. The number of rotatable bonds is 4. The van der Waals surface area contributed by atoms with Gasteiger partial charge in [-0.05, 0) is 13.3 Å². The van der Waals surface area contributed by atoms with E-state index in [9.17, 15) is 4.79 Å². The molecule has 0 spiro atoms. The first-order valence-electron chi connectivity index (χ1n) is 3.06. The minimum Gasteiger partial charge on any atom is -0.481 e. The first kappa shape index (κ1) is 9.10. The van der Waals surface area contributed by atoms with E-state index >= 15 is 0 Å². The lowest BCUT2D eigenvalue weighted by molar-refractivity contribution is -0.137. The summed E-state index contributed by atoms with van der Waals surface area (Å²) in [7, 11) is 0. The summed E-state index contributed by atoms with van der Waals surface area (Å²) in [6.45, 7) is 1.58. The van der Waals surface area contributed by atoms with Crippen molar-refractivity contribution in [2.24, 2.45) is 5.73 Å². The molecule has 0 saturated carbocycles. The van der Waals surface area contributed by atoms with Gasteiger partial charge < -0.3 is 16.2 Å². The monoisotopic (exact) mass is 144 g/mol. The molecule has 4 heteroatoms. The summed E-state index contributed by atoms with van der Waals surface area (Å²) in [4.78, 5) is 10.0. The van der Waals surface area contributed by atoms with Crippen LogP contribution in [0.1, 0.15) is 19.8 Å². The predicted molar refractivity (Wildman–Crippen MR) is 38.2 cm³/mol. The van der Waals surface area contributed by atoms with Crippen LogP contribution in [0, 0.1) is 5.41 Å². The minimum atomic E-state index is -0.864. The largest absolute Gasteiger partial charge is 0.481 e. The normalized spacial score (nSPS) is 12.6. The van der Waals surface area contributed by atoms with Gasteiger partial charge in [-0.3, -0.25) is 4.79 Å². The van der Waals surface area contributed by atoms with Gasteiger partial charge in [0.1, 0.15) is 0 Å². The second-order valence-corrected chi connectivity index (χ2v) is 2.22. The molecule has 0 aromatic heterocycles. The summed E-state index contributed by atoms with van der Waals surface area (Å²) in [5, 5.41) is 15.2. The second kappa shape index (κ2) is 4.00. The van der Waals surface area contributed by atoms with E-state index in [0.29, 0.717) is 12.1 Å². The maximum absolute atomic E-state index is 10.0. The van der Waals surface area contributed by atoms with Gasteiger partial charge in [-0.1, -0.05) is 0 Å².